The number of amides is 1. The first kappa shape index (κ1) is 14.4. The Morgan fingerprint density at radius 3 is 2.85 bits per heavy atom. The highest BCUT2D eigenvalue weighted by molar-refractivity contribution is 7.92. The summed E-state index contributed by atoms with van der Waals surface area (Å²) >= 11 is 1.19. The second-order valence-corrected chi connectivity index (χ2v) is 6.49. The van der Waals surface area contributed by atoms with Gasteiger partial charge < -0.3 is 5.32 Å². The molecule has 0 saturated heterocycles. The third-order valence-electron chi connectivity index (χ3n) is 2.26. The Morgan fingerprint density at radius 2 is 2.20 bits per heavy atom. The fourth-order valence-corrected chi connectivity index (χ4v) is 3.09. The summed E-state index contributed by atoms with van der Waals surface area (Å²) in [5, 5.41) is 4.50. The van der Waals surface area contributed by atoms with Crippen LogP contribution in [0.15, 0.2) is 36.1 Å². The summed E-state index contributed by atoms with van der Waals surface area (Å²) < 4.78 is 25.7. The van der Waals surface area contributed by atoms with Gasteiger partial charge in [0.25, 0.3) is 5.91 Å². The Morgan fingerprint density at radius 1 is 1.35 bits per heavy atom. The molecule has 2 N–H and O–H groups in total. The number of carbonyl (C=O) groups is 1. The minimum Gasteiger partial charge on any atom is -0.351 e. The van der Waals surface area contributed by atoms with Crippen LogP contribution in [0.2, 0.25) is 0 Å². The molecule has 0 aliphatic rings. The number of rotatable bonds is 6. The van der Waals surface area contributed by atoms with Crippen molar-refractivity contribution < 1.29 is 13.2 Å². The monoisotopic (exact) mass is 312 g/mol. The molecule has 0 bridgehead atoms. The van der Waals surface area contributed by atoms with Gasteiger partial charge >= 0.3 is 0 Å². The van der Waals surface area contributed by atoms with Gasteiger partial charge in [0, 0.05) is 30.5 Å². The van der Waals surface area contributed by atoms with E-state index < -0.39 is 10.0 Å². The van der Waals surface area contributed by atoms with Crippen LogP contribution in [0.4, 0.5) is 5.13 Å². The summed E-state index contributed by atoms with van der Waals surface area (Å²) in [6.45, 7) is 0.00837. The second-order valence-electron chi connectivity index (χ2n) is 3.76. The van der Waals surface area contributed by atoms with Gasteiger partial charge in [0.1, 0.15) is 0 Å². The first-order valence-corrected chi connectivity index (χ1v) is 8.18. The highest BCUT2D eigenvalue weighted by Gasteiger charge is 2.13. The minimum atomic E-state index is -3.51. The van der Waals surface area contributed by atoms with Gasteiger partial charge in [0.05, 0.1) is 11.3 Å². The van der Waals surface area contributed by atoms with E-state index in [9.17, 15) is 13.2 Å². The molecule has 2 heterocycles. The molecule has 0 unspecified atom stereocenters. The summed E-state index contributed by atoms with van der Waals surface area (Å²) in [6, 6.07) is 3.24. The maximum Gasteiger partial charge on any atom is 0.252 e. The fraction of sp³-hybridized carbons (Fsp3) is 0.182. The lowest BCUT2D eigenvalue weighted by molar-refractivity contribution is 0.0956. The van der Waals surface area contributed by atoms with E-state index in [1.165, 1.54) is 23.7 Å². The smallest absolute Gasteiger partial charge is 0.252 e. The SMILES string of the molecule is O=C(NCCS(=O)(=O)Nc1nccs1)c1cccnc1. The van der Waals surface area contributed by atoms with Crippen molar-refractivity contribution in [1.29, 1.82) is 0 Å². The van der Waals surface area contributed by atoms with Gasteiger partial charge in [-0.1, -0.05) is 0 Å². The number of pyridine rings is 1. The highest BCUT2D eigenvalue weighted by Crippen LogP contribution is 2.12. The Hall–Kier alpha value is -2.00. The molecule has 0 radical (unpaired) electrons. The van der Waals surface area contributed by atoms with Crippen molar-refractivity contribution >= 4 is 32.4 Å². The number of carbonyl (C=O) groups excluding carboxylic acids is 1. The molecule has 1 amide bonds. The van der Waals surface area contributed by atoms with Crippen molar-refractivity contribution in [3.05, 3.63) is 41.7 Å². The summed E-state index contributed by atoms with van der Waals surface area (Å²) in [7, 11) is -3.51. The molecule has 9 heteroatoms. The number of sulfonamides is 1. The number of nitrogens with one attached hydrogen (secondary N) is 2. The molecule has 2 aromatic heterocycles. The average molecular weight is 312 g/mol. The number of thiazole rings is 1. The molecule has 0 aliphatic carbocycles. The van der Waals surface area contributed by atoms with Crippen molar-refractivity contribution in [3.63, 3.8) is 0 Å². The van der Waals surface area contributed by atoms with Crippen molar-refractivity contribution in [1.82, 2.24) is 15.3 Å². The standard InChI is InChI=1S/C11H12N4O3S2/c16-10(9-2-1-3-12-8-9)13-5-7-20(17,18)15-11-14-4-6-19-11/h1-4,6,8H,5,7H2,(H,13,16)(H,14,15). The van der Waals surface area contributed by atoms with E-state index in [1.807, 2.05) is 0 Å². The molecule has 7 nitrogen and oxygen atoms in total. The molecule has 2 rings (SSSR count). The van der Waals surface area contributed by atoms with Crippen LogP contribution in [0.1, 0.15) is 10.4 Å². The zero-order valence-electron chi connectivity index (χ0n) is 10.3. The minimum absolute atomic E-state index is 0.00837. The summed E-state index contributed by atoms with van der Waals surface area (Å²) in [6.07, 6.45) is 4.48. The van der Waals surface area contributed by atoms with E-state index in [0.29, 0.717) is 10.7 Å². The predicted molar refractivity (Wildman–Crippen MR) is 76.1 cm³/mol. The number of hydrogen-bond acceptors (Lipinski definition) is 6. The van der Waals surface area contributed by atoms with Crippen LogP contribution >= 0.6 is 11.3 Å². The Kier molecular flexibility index (Phi) is 4.64. The zero-order chi connectivity index (χ0) is 14.4. The van der Waals surface area contributed by atoms with E-state index in [1.54, 1.807) is 23.7 Å². The van der Waals surface area contributed by atoms with Crippen molar-refractivity contribution in [2.75, 3.05) is 17.0 Å². The zero-order valence-corrected chi connectivity index (χ0v) is 11.9. The predicted octanol–water partition coefficient (Wildman–Crippen LogP) is 0.710. The van der Waals surface area contributed by atoms with Crippen LogP contribution in [0, 0.1) is 0 Å². The van der Waals surface area contributed by atoms with Gasteiger partial charge in [0.15, 0.2) is 5.13 Å². The van der Waals surface area contributed by atoms with E-state index in [4.69, 9.17) is 0 Å². The Labute approximate surface area is 120 Å². The van der Waals surface area contributed by atoms with Crippen molar-refractivity contribution in [2.24, 2.45) is 0 Å². The molecular weight excluding hydrogens is 300 g/mol. The third kappa shape index (κ3) is 4.28. The lowest BCUT2D eigenvalue weighted by Crippen LogP contribution is -2.31. The molecular formula is C11H12N4O3S2. The van der Waals surface area contributed by atoms with Gasteiger partial charge in [-0.2, -0.15) is 0 Å². The van der Waals surface area contributed by atoms with Crippen LogP contribution in [-0.2, 0) is 10.0 Å². The molecule has 0 atom stereocenters. The summed E-state index contributed by atoms with van der Waals surface area (Å²) in [5.41, 5.74) is 0.387. The van der Waals surface area contributed by atoms with Crippen LogP contribution in [0.3, 0.4) is 0 Å². The van der Waals surface area contributed by atoms with E-state index in [2.05, 4.69) is 20.0 Å². The normalized spacial score (nSPS) is 11.0. The summed E-state index contributed by atoms with van der Waals surface area (Å²) in [4.78, 5) is 19.3. The van der Waals surface area contributed by atoms with Gasteiger partial charge in [-0.3, -0.25) is 14.5 Å². The first-order chi connectivity index (χ1) is 9.57. The van der Waals surface area contributed by atoms with E-state index in [-0.39, 0.29) is 18.2 Å². The molecule has 20 heavy (non-hydrogen) atoms. The molecule has 0 spiro atoms. The molecule has 0 fully saturated rings. The number of nitrogens with zero attached hydrogens (tertiary/aromatic N) is 2. The number of aromatic nitrogens is 2. The number of anilines is 1. The lowest BCUT2D eigenvalue weighted by Gasteiger charge is -2.06. The van der Waals surface area contributed by atoms with E-state index in [0.717, 1.165) is 0 Å². The molecule has 106 valence electrons. The van der Waals surface area contributed by atoms with Gasteiger partial charge in [-0.15, -0.1) is 11.3 Å². The third-order valence-corrected chi connectivity index (χ3v) is 4.32. The average Bonchev–Trinajstić information content (AvgIpc) is 2.91. The second kappa shape index (κ2) is 6.44. The Bertz CT molecular complexity index is 656. The van der Waals surface area contributed by atoms with Crippen LogP contribution in [0.25, 0.3) is 0 Å². The molecule has 2 aromatic rings. The van der Waals surface area contributed by atoms with Gasteiger partial charge in [-0.25, -0.2) is 13.4 Å². The van der Waals surface area contributed by atoms with E-state index >= 15 is 0 Å². The van der Waals surface area contributed by atoms with Crippen LogP contribution in [-0.4, -0.2) is 36.6 Å². The topological polar surface area (TPSA) is 101 Å². The molecule has 0 aromatic carbocycles. The Balaban J connectivity index is 1.82. The fourth-order valence-electron chi connectivity index (χ4n) is 1.36. The lowest BCUT2D eigenvalue weighted by atomic mass is 10.3. The summed E-state index contributed by atoms with van der Waals surface area (Å²) in [5.74, 6) is -0.582. The van der Waals surface area contributed by atoms with Crippen molar-refractivity contribution in [2.45, 2.75) is 0 Å². The van der Waals surface area contributed by atoms with Gasteiger partial charge in [-0.05, 0) is 12.1 Å². The quantitative estimate of drug-likeness (QED) is 0.818. The maximum absolute atomic E-state index is 11.7. The highest BCUT2D eigenvalue weighted by atomic mass is 32.2. The first-order valence-electron chi connectivity index (χ1n) is 5.65. The molecule has 0 aliphatic heterocycles. The maximum atomic E-state index is 11.7. The molecule has 0 saturated carbocycles. The van der Waals surface area contributed by atoms with Crippen molar-refractivity contribution in [3.8, 4) is 0 Å². The van der Waals surface area contributed by atoms with Crippen LogP contribution < -0.4 is 10.0 Å². The number of hydrogen-bond donors (Lipinski definition) is 2. The van der Waals surface area contributed by atoms with Gasteiger partial charge in [0.2, 0.25) is 10.0 Å². The largest absolute Gasteiger partial charge is 0.351 e. The van der Waals surface area contributed by atoms with Crippen LogP contribution in [0.5, 0.6) is 0 Å².